The molecule has 0 unspecified atom stereocenters. The molecule has 24 rings (SSSR count). The second-order valence-electron chi connectivity index (χ2n) is 32.0. The Labute approximate surface area is 693 Å². The molecule has 0 aliphatic carbocycles. The molecule has 24 aromatic rings. The van der Waals surface area contributed by atoms with E-state index in [0.29, 0.717) is 0 Å². The van der Waals surface area contributed by atoms with Crippen LogP contribution in [0.3, 0.4) is 0 Å². The van der Waals surface area contributed by atoms with Gasteiger partial charge in [-0.15, -0.1) is 0 Å². The van der Waals surface area contributed by atoms with Crippen molar-refractivity contribution in [1.82, 2.24) is 0 Å². The fourth-order valence-electron chi connectivity index (χ4n) is 19.9. The molecule has 0 saturated carbocycles. The van der Waals surface area contributed by atoms with Gasteiger partial charge in [-0.1, -0.05) is 269 Å². The Kier molecular flexibility index (Phi) is 16.3. The fraction of sp³-hybridized carbons (Fsp3) is 0.0714. The van der Waals surface area contributed by atoms with E-state index < -0.39 is 0 Å². The molecule has 8 heteroatoms. The molecule has 0 N–H and O–H groups in total. The third kappa shape index (κ3) is 10.8. The van der Waals surface area contributed by atoms with Crippen molar-refractivity contribution in [3.8, 4) is 0 Å². The van der Waals surface area contributed by atoms with Crippen LogP contribution >= 0.6 is 0 Å². The van der Waals surface area contributed by atoms with Gasteiger partial charge in [0.1, 0.15) is 22.3 Å². The zero-order valence-corrected chi connectivity index (χ0v) is 67.3. The van der Waals surface area contributed by atoms with Gasteiger partial charge in [0.25, 0.3) is 0 Å². The Morgan fingerprint density at radius 2 is 0.467 bits per heavy atom. The second-order valence-corrected chi connectivity index (χ2v) is 32.0. The van der Waals surface area contributed by atoms with Crippen molar-refractivity contribution in [2.75, 3.05) is 19.6 Å². The van der Waals surface area contributed by atoms with E-state index in [9.17, 15) is 0 Å². The normalized spacial score (nSPS) is 12.0. The lowest BCUT2D eigenvalue weighted by molar-refractivity contribution is 0.668. The van der Waals surface area contributed by atoms with Crippen LogP contribution < -0.4 is 19.6 Å². The topological polar surface area (TPSA) is 65.5 Å². The number of furan rings is 4. The lowest BCUT2D eigenvalue weighted by Crippen LogP contribution is -2.14. The number of nitrogens with zero attached hydrogens (tertiary/aromatic N) is 4. The number of benzene rings is 20. The van der Waals surface area contributed by atoms with Crippen molar-refractivity contribution in [3.05, 3.63) is 385 Å². The average molecular weight is 1550 g/mol. The highest BCUT2D eigenvalue weighted by atomic mass is 16.3. The highest BCUT2D eigenvalue weighted by Gasteiger charge is 2.32. The van der Waals surface area contributed by atoms with E-state index in [1.807, 2.05) is 24.3 Å². The molecule has 0 spiro atoms. The second kappa shape index (κ2) is 27.8. The van der Waals surface area contributed by atoms with Crippen LogP contribution in [-0.4, -0.2) is 0 Å². The molecular formula is C112H80N4O4. The minimum atomic E-state index is 0.873. The number of aryl methyl sites for hydroxylation is 6. The molecule has 0 aliphatic heterocycles. The first-order chi connectivity index (χ1) is 59.1. The summed E-state index contributed by atoms with van der Waals surface area (Å²) in [6, 6.07) is 127. The maximum Gasteiger partial charge on any atom is 0.159 e. The minimum Gasteiger partial charge on any atom is -0.454 e. The summed E-state index contributed by atoms with van der Waals surface area (Å²) in [7, 11) is 0. The minimum absolute atomic E-state index is 0.873. The van der Waals surface area contributed by atoms with E-state index in [1.165, 1.54) is 98.0 Å². The van der Waals surface area contributed by atoms with Gasteiger partial charge < -0.3 is 37.3 Å². The zero-order chi connectivity index (χ0) is 80.1. The lowest BCUT2D eigenvalue weighted by Gasteiger charge is -2.31. The Morgan fingerprint density at radius 3 is 0.800 bits per heavy atom. The maximum atomic E-state index is 6.75. The first-order valence-corrected chi connectivity index (χ1v) is 41.7. The smallest absolute Gasteiger partial charge is 0.159 e. The predicted molar refractivity (Wildman–Crippen MR) is 506 cm³/mol. The molecule has 0 aliphatic rings. The Hall–Kier alpha value is -15.1. The summed E-state index contributed by atoms with van der Waals surface area (Å²) in [4.78, 5) is 9.70. The van der Waals surface area contributed by atoms with Gasteiger partial charge in [-0.2, -0.15) is 0 Å². The van der Waals surface area contributed by atoms with E-state index in [4.69, 9.17) is 17.7 Å². The van der Waals surface area contributed by atoms with Crippen LogP contribution in [0.15, 0.2) is 370 Å². The third-order valence-corrected chi connectivity index (χ3v) is 25.2. The monoisotopic (exact) mass is 1540 g/mol. The highest BCUT2D eigenvalue weighted by Crippen LogP contribution is 2.56. The highest BCUT2D eigenvalue weighted by molar-refractivity contribution is 6.32. The quantitative estimate of drug-likeness (QED) is 0.0998. The average Bonchev–Trinajstić information content (AvgIpc) is 0.817. The van der Waals surface area contributed by atoms with Crippen LogP contribution in [0.4, 0.5) is 68.2 Å². The molecule has 572 valence electrons. The van der Waals surface area contributed by atoms with Gasteiger partial charge in [-0.05, 0) is 214 Å². The largest absolute Gasteiger partial charge is 0.454 e. The van der Waals surface area contributed by atoms with Crippen molar-refractivity contribution in [2.45, 2.75) is 54.4 Å². The van der Waals surface area contributed by atoms with E-state index in [2.05, 4.69) is 389 Å². The van der Waals surface area contributed by atoms with Crippen molar-refractivity contribution < 1.29 is 17.7 Å². The van der Waals surface area contributed by atoms with E-state index in [-0.39, 0.29) is 0 Å². The molecule has 0 atom stereocenters. The third-order valence-electron chi connectivity index (χ3n) is 25.2. The van der Waals surface area contributed by atoms with Gasteiger partial charge in [0.2, 0.25) is 0 Å². The molecule has 0 saturated heterocycles. The summed E-state index contributed by atoms with van der Waals surface area (Å²) in [6.07, 6.45) is 1.77. The predicted octanol–water partition coefficient (Wildman–Crippen LogP) is 33.0. The summed E-state index contributed by atoms with van der Waals surface area (Å²) >= 11 is 0. The van der Waals surface area contributed by atoms with Crippen molar-refractivity contribution in [3.63, 3.8) is 0 Å². The number of fused-ring (bicyclic) bond motifs is 12. The zero-order valence-electron chi connectivity index (χ0n) is 67.3. The molecule has 4 aromatic heterocycles. The summed E-state index contributed by atoms with van der Waals surface area (Å²) < 4.78 is 27.0. The molecule has 120 heavy (non-hydrogen) atoms. The summed E-state index contributed by atoms with van der Waals surface area (Å²) in [5.74, 6) is 0. The summed E-state index contributed by atoms with van der Waals surface area (Å²) in [5, 5.41) is 23.6. The number of hydrogen-bond donors (Lipinski definition) is 0. The van der Waals surface area contributed by atoms with E-state index >= 15 is 0 Å². The van der Waals surface area contributed by atoms with Crippen LogP contribution in [0.5, 0.6) is 0 Å². The van der Waals surface area contributed by atoms with Crippen molar-refractivity contribution in [1.29, 1.82) is 0 Å². The standard InChI is InChI=1S/2C56H40N2O2/c1-33-13-9-14-34(2)53(33)57(47-21-11-19-41-39-17-5-7-23-49(39)59-55(41)47)45-31-27-37-26-30-44-46(32-28-38-25-29-43(45)51(37)52(38)44)58(54-35(3)15-10-16-36(54)4)48-22-12-20-42-40-18-6-8-24-50(40)60-56(42)48;1-3-35-33-49(57(37-17-7-5-8-18-37)47-25-15-23-43-41-21-11-13-27-51(41)59-55(43)47)45-32-30-40-36(4-2)34-50(46-31-29-39(35)53(45)54(40)46)58(38-19-9-6-10-20-38)48-26-16-24-44-42-22-12-14-28-52(42)60-56(44)48/h5-32H,1-4H3;5-34H,3-4H2,1-2H3. The van der Waals surface area contributed by atoms with Crippen LogP contribution in [0.25, 0.3) is 152 Å². The van der Waals surface area contributed by atoms with E-state index in [1.54, 1.807) is 0 Å². The van der Waals surface area contributed by atoms with E-state index in [0.717, 1.165) is 169 Å². The van der Waals surface area contributed by atoms with Crippen molar-refractivity contribution >= 4 is 221 Å². The van der Waals surface area contributed by atoms with Crippen LogP contribution in [-0.2, 0) is 12.8 Å². The first kappa shape index (κ1) is 70.3. The first-order valence-electron chi connectivity index (χ1n) is 41.7. The Morgan fingerprint density at radius 1 is 0.200 bits per heavy atom. The lowest BCUT2D eigenvalue weighted by atomic mass is 9.86. The molecule has 0 bridgehead atoms. The molecule has 20 aromatic carbocycles. The molecule has 0 fully saturated rings. The fourth-order valence-corrected chi connectivity index (χ4v) is 19.9. The van der Waals surface area contributed by atoms with Gasteiger partial charge in [-0.3, -0.25) is 0 Å². The number of hydrogen-bond acceptors (Lipinski definition) is 8. The van der Waals surface area contributed by atoms with Gasteiger partial charge in [-0.25, -0.2) is 0 Å². The number of rotatable bonds is 14. The molecule has 0 amide bonds. The van der Waals surface area contributed by atoms with Gasteiger partial charge in [0.15, 0.2) is 22.3 Å². The van der Waals surface area contributed by atoms with Gasteiger partial charge >= 0.3 is 0 Å². The summed E-state index contributed by atoms with van der Waals surface area (Å²) in [5.41, 5.74) is 27.4. The Bertz CT molecular complexity index is 7710. The molecule has 0 radical (unpaired) electrons. The van der Waals surface area contributed by atoms with Gasteiger partial charge in [0.05, 0.1) is 56.9 Å². The number of anilines is 12. The molecule has 4 heterocycles. The maximum absolute atomic E-state index is 6.75. The van der Waals surface area contributed by atoms with Crippen LogP contribution in [0.1, 0.15) is 47.2 Å². The summed E-state index contributed by atoms with van der Waals surface area (Å²) in [6.45, 7) is 13.4. The SMILES string of the molecule is CCc1cc(N(c2ccccc2)c2cccc3c2oc2ccccc23)c2ccc3c(CC)cc(N(c4ccccc4)c4cccc5c4oc4ccccc45)c4ccc1c2c34.Cc1cccc(C)c1N(c1ccc2ccc3c(N(c4c(C)cccc4C)c4cccc5c4oc4ccccc45)ccc4ccc1c2c43)c1cccc2c1oc1ccccc12. The van der Waals surface area contributed by atoms with Crippen LogP contribution in [0.2, 0.25) is 0 Å². The van der Waals surface area contributed by atoms with Crippen molar-refractivity contribution in [2.24, 2.45) is 0 Å². The molecule has 8 nitrogen and oxygen atoms in total. The number of para-hydroxylation sites is 12. The molecular weight excluding hydrogens is 1470 g/mol. The van der Waals surface area contributed by atoms with Crippen LogP contribution in [0, 0.1) is 27.7 Å². The Balaban J connectivity index is 0.000000140. The van der Waals surface area contributed by atoms with Gasteiger partial charge in [0, 0.05) is 76.0 Å².